The second-order valence-electron chi connectivity index (χ2n) is 4.90. The maximum Gasteiger partial charge on any atom is 0.284 e. The molecular weight excluding hydrogens is 272 g/mol. The summed E-state index contributed by atoms with van der Waals surface area (Å²) in [6.45, 7) is 1.46. The number of aliphatic hydroxyl groups excluding tert-OH is 1. The van der Waals surface area contributed by atoms with Gasteiger partial charge in [0, 0.05) is 0 Å². The molecule has 0 radical (unpaired) electrons. The van der Waals surface area contributed by atoms with E-state index in [2.05, 4.69) is 5.32 Å². The zero-order valence-electron chi connectivity index (χ0n) is 10.6. The first-order valence-electron chi connectivity index (χ1n) is 6.49. The van der Waals surface area contributed by atoms with E-state index in [4.69, 9.17) is 4.42 Å². The van der Waals surface area contributed by atoms with E-state index >= 15 is 0 Å². The van der Waals surface area contributed by atoms with Crippen LogP contribution in [0.3, 0.4) is 0 Å². The number of hydrogen-bond donors (Lipinski definition) is 2. The zero-order chi connectivity index (χ0) is 13.7. The van der Waals surface area contributed by atoms with Crippen LogP contribution in [0.1, 0.15) is 30.8 Å². The molecule has 1 aliphatic rings. The van der Waals surface area contributed by atoms with Gasteiger partial charge in [-0.05, 0) is 43.9 Å². The summed E-state index contributed by atoms with van der Waals surface area (Å²) in [6, 6.07) is 3.56. The van der Waals surface area contributed by atoms with Gasteiger partial charge < -0.3 is 14.8 Å². The standard InChI is InChI=1S/C13H19F2NO2S/c14-13(15)19-8-12-4-3-11(18-12)7-16-6-9-1-2-10(17)5-9/h3-4,9-10,13,16-17H,1-2,5-8H2. The Morgan fingerprint density at radius 2 is 2.16 bits per heavy atom. The van der Waals surface area contributed by atoms with Gasteiger partial charge in [0.1, 0.15) is 11.5 Å². The molecule has 1 aromatic rings. The highest BCUT2D eigenvalue weighted by Crippen LogP contribution is 2.25. The van der Waals surface area contributed by atoms with Gasteiger partial charge in [-0.15, -0.1) is 0 Å². The summed E-state index contributed by atoms with van der Waals surface area (Å²) in [5, 5.41) is 12.7. The molecule has 1 aliphatic carbocycles. The van der Waals surface area contributed by atoms with Crippen LogP contribution in [0.15, 0.2) is 16.5 Å². The summed E-state index contributed by atoms with van der Waals surface area (Å²) in [5.74, 6) is -0.284. The van der Waals surface area contributed by atoms with Crippen molar-refractivity contribution in [2.24, 2.45) is 5.92 Å². The molecule has 19 heavy (non-hydrogen) atoms. The number of hydrogen-bond acceptors (Lipinski definition) is 4. The Bertz CT molecular complexity index is 386. The molecule has 1 fully saturated rings. The Morgan fingerprint density at radius 1 is 1.37 bits per heavy atom. The molecule has 2 atom stereocenters. The van der Waals surface area contributed by atoms with Gasteiger partial charge >= 0.3 is 0 Å². The minimum Gasteiger partial charge on any atom is -0.464 e. The van der Waals surface area contributed by atoms with Crippen molar-refractivity contribution in [1.29, 1.82) is 0 Å². The highest BCUT2D eigenvalue weighted by Gasteiger charge is 2.22. The number of thioether (sulfide) groups is 1. The molecule has 0 spiro atoms. The molecule has 0 aliphatic heterocycles. The van der Waals surface area contributed by atoms with Gasteiger partial charge in [-0.25, -0.2) is 0 Å². The fraction of sp³-hybridized carbons (Fsp3) is 0.692. The fourth-order valence-electron chi connectivity index (χ4n) is 2.37. The second kappa shape index (κ2) is 7.26. The normalized spacial score (nSPS) is 23.4. The van der Waals surface area contributed by atoms with E-state index in [1.807, 2.05) is 6.07 Å². The van der Waals surface area contributed by atoms with Crippen LogP contribution < -0.4 is 5.32 Å². The summed E-state index contributed by atoms with van der Waals surface area (Å²) in [4.78, 5) is 0. The lowest BCUT2D eigenvalue weighted by Gasteiger charge is -2.09. The molecular formula is C13H19F2NO2S. The highest BCUT2D eigenvalue weighted by atomic mass is 32.2. The third kappa shape index (κ3) is 5.12. The molecule has 1 aromatic heterocycles. The Morgan fingerprint density at radius 3 is 2.84 bits per heavy atom. The largest absolute Gasteiger partial charge is 0.464 e. The average Bonchev–Trinajstić information content (AvgIpc) is 2.96. The molecule has 2 N–H and O–H groups in total. The highest BCUT2D eigenvalue weighted by molar-refractivity contribution is 7.98. The Balaban J connectivity index is 1.65. The summed E-state index contributed by atoms with van der Waals surface area (Å²) >= 11 is 0.567. The first-order chi connectivity index (χ1) is 9.13. The van der Waals surface area contributed by atoms with Crippen LogP contribution in [0, 0.1) is 5.92 Å². The van der Waals surface area contributed by atoms with Crippen molar-refractivity contribution in [1.82, 2.24) is 5.32 Å². The molecule has 0 bridgehead atoms. The predicted octanol–water partition coefficient (Wildman–Crippen LogP) is 2.99. The van der Waals surface area contributed by atoms with Crippen molar-refractivity contribution in [3.63, 3.8) is 0 Å². The molecule has 1 saturated carbocycles. The van der Waals surface area contributed by atoms with E-state index in [0.29, 0.717) is 30.0 Å². The average molecular weight is 291 g/mol. The lowest BCUT2D eigenvalue weighted by atomic mass is 10.1. The molecule has 108 valence electrons. The number of alkyl halides is 2. The first-order valence-corrected chi connectivity index (χ1v) is 7.54. The van der Waals surface area contributed by atoms with Crippen molar-refractivity contribution >= 4 is 11.8 Å². The number of nitrogens with one attached hydrogen (secondary N) is 1. The van der Waals surface area contributed by atoms with Crippen LogP contribution in [0.25, 0.3) is 0 Å². The number of rotatable bonds is 7. The van der Waals surface area contributed by atoms with E-state index in [9.17, 15) is 13.9 Å². The Labute approximate surface area is 115 Å². The van der Waals surface area contributed by atoms with Crippen LogP contribution in [-0.2, 0) is 12.3 Å². The lowest BCUT2D eigenvalue weighted by molar-refractivity contribution is 0.177. The van der Waals surface area contributed by atoms with Gasteiger partial charge in [0.25, 0.3) is 5.76 Å². The molecule has 2 rings (SSSR count). The van der Waals surface area contributed by atoms with Gasteiger partial charge in [0.2, 0.25) is 0 Å². The van der Waals surface area contributed by atoms with Gasteiger partial charge in [-0.1, -0.05) is 11.8 Å². The molecule has 0 aromatic carbocycles. The SMILES string of the molecule is OC1CCC(CNCc2ccc(CSC(F)F)o2)C1. The minimum atomic E-state index is -2.36. The third-order valence-corrected chi connectivity index (χ3v) is 4.02. The third-order valence-electron chi connectivity index (χ3n) is 3.31. The molecule has 1 heterocycles. The van der Waals surface area contributed by atoms with E-state index in [-0.39, 0.29) is 11.9 Å². The summed E-state index contributed by atoms with van der Waals surface area (Å²) < 4.78 is 29.5. The van der Waals surface area contributed by atoms with E-state index < -0.39 is 5.76 Å². The maximum absolute atomic E-state index is 12.0. The van der Waals surface area contributed by atoms with Gasteiger partial charge in [-0.2, -0.15) is 8.78 Å². The zero-order valence-corrected chi connectivity index (χ0v) is 11.5. The smallest absolute Gasteiger partial charge is 0.284 e. The lowest BCUT2D eigenvalue weighted by Crippen LogP contribution is -2.21. The van der Waals surface area contributed by atoms with Gasteiger partial charge in [0.05, 0.1) is 18.4 Å². The van der Waals surface area contributed by atoms with Crippen molar-refractivity contribution in [2.75, 3.05) is 6.54 Å². The molecule has 6 heteroatoms. The number of halogens is 2. The van der Waals surface area contributed by atoms with Crippen molar-refractivity contribution in [3.8, 4) is 0 Å². The molecule has 0 saturated heterocycles. The topological polar surface area (TPSA) is 45.4 Å². The number of furan rings is 1. The van der Waals surface area contributed by atoms with Crippen molar-refractivity contribution < 1.29 is 18.3 Å². The van der Waals surface area contributed by atoms with Crippen molar-refractivity contribution in [3.05, 3.63) is 23.7 Å². The molecule has 3 nitrogen and oxygen atoms in total. The van der Waals surface area contributed by atoms with Crippen LogP contribution in [-0.4, -0.2) is 23.5 Å². The van der Waals surface area contributed by atoms with Crippen LogP contribution in [0.4, 0.5) is 8.78 Å². The summed E-state index contributed by atoms with van der Waals surface area (Å²) in [7, 11) is 0. The van der Waals surface area contributed by atoms with E-state index in [1.165, 1.54) is 0 Å². The summed E-state index contributed by atoms with van der Waals surface area (Å²) in [5.41, 5.74) is 0. The van der Waals surface area contributed by atoms with E-state index in [0.717, 1.165) is 31.6 Å². The predicted molar refractivity (Wildman–Crippen MR) is 71.1 cm³/mol. The van der Waals surface area contributed by atoms with Crippen LogP contribution in [0.5, 0.6) is 0 Å². The summed E-state index contributed by atoms with van der Waals surface area (Å²) in [6.07, 6.45) is 2.67. The maximum atomic E-state index is 12.0. The van der Waals surface area contributed by atoms with Gasteiger partial charge in [-0.3, -0.25) is 0 Å². The quantitative estimate of drug-likeness (QED) is 0.810. The van der Waals surface area contributed by atoms with Crippen LogP contribution in [0.2, 0.25) is 0 Å². The fourth-order valence-corrected chi connectivity index (χ4v) is 2.82. The van der Waals surface area contributed by atoms with Crippen LogP contribution >= 0.6 is 11.8 Å². The Kier molecular flexibility index (Phi) is 5.66. The van der Waals surface area contributed by atoms with Crippen molar-refractivity contribution in [2.45, 2.75) is 43.4 Å². The Hall–Kier alpha value is -0.590. The second-order valence-corrected chi connectivity index (χ2v) is 5.88. The van der Waals surface area contributed by atoms with Gasteiger partial charge in [0.15, 0.2) is 0 Å². The first kappa shape index (κ1) is 14.8. The number of aliphatic hydroxyl groups is 1. The monoisotopic (exact) mass is 291 g/mol. The van der Waals surface area contributed by atoms with E-state index in [1.54, 1.807) is 6.07 Å². The molecule has 2 unspecified atom stereocenters. The molecule has 0 amide bonds. The minimum absolute atomic E-state index is 0.145.